The molecule has 1 aromatic carbocycles. The van der Waals surface area contributed by atoms with Crippen LogP contribution in [0.4, 0.5) is 0 Å². The standard InChI is InChI=1S/C15H18ClNO3/c1-10(7-14(19)15-3-2-6-20-15)17-9-11-8-12(16)4-5-13(11)18/h2-6,8,10,14,17-19H,7,9H2,1H3. The van der Waals surface area contributed by atoms with E-state index in [2.05, 4.69) is 5.32 Å². The Balaban J connectivity index is 1.86. The molecule has 0 saturated carbocycles. The van der Waals surface area contributed by atoms with Crippen LogP contribution in [0.2, 0.25) is 5.02 Å². The van der Waals surface area contributed by atoms with Gasteiger partial charge >= 0.3 is 0 Å². The van der Waals surface area contributed by atoms with Gasteiger partial charge in [0.2, 0.25) is 0 Å². The van der Waals surface area contributed by atoms with Crippen LogP contribution in [0.15, 0.2) is 41.0 Å². The van der Waals surface area contributed by atoms with Crippen molar-refractivity contribution in [3.63, 3.8) is 0 Å². The third-order valence-corrected chi connectivity index (χ3v) is 3.37. The van der Waals surface area contributed by atoms with Crippen molar-refractivity contribution in [2.75, 3.05) is 0 Å². The molecule has 0 radical (unpaired) electrons. The Labute approximate surface area is 123 Å². The van der Waals surface area contributed by atoms with E-state index < -0.39 is 6.10 Å². The first-order valence-electron chi connectivity index (χ1n) is 6.48. The quantitative estimate of drug-likeness (QED) is 0.765. The minimum Gasteiger partial charge on any atom is -0.508 e. The maximum absolute atomic E-state index is 9.97. The maximum atomic E-state index is 9.97. The molecule has 2 unspecified atom stereocenters. The van der Waals surface area contributed by atoms with Crippen LogP contribution < -0.4 is 5.32 Å². The molecule has 5 heteroatoms. The predicted molar refractivity (Wildman–Crippen MR) is 77.7 cm³/mol. The Kier molecular flexibility index (Phi) is 5.06. The van der Waals surface area contributed by atoms with Crippen molar-refractivity contribution in [2.45, 2.75) is 32.0 Å². The van der Waals surface area contributed by atoms with Crippen LogP contribution in [-0.2, 0) is 6.54 Å². The molecular formula is C15H18ClNO3. The molecule has 4 nitrogen and oxygen atoms in total. The Morgan fingerprint density at radius 2 is 2.15 bits per heavy atom. The van der Waals surface area contributed by atoms with Crippen LogP contribution in [0, 0.1) is 0 Å². The zero-order valence-electron chi connectivity index (χ0n) is 11.2. The van der Waals surface area contributed by atoms with Gasteiger partial charge in [0, 0.05) is 23.2 Å². The van der Waals surface area contributed by atoms with Gasteiger partial charge in [0.05, 0.1) is 6.26 Å². The molecule has 0 aliphatic carbocycles. The van der Waals surface area contributed by atoms with Gasteiger partial charge in [-0.15, -0.1) is 0 Å². The van der Waals surface area contributed by atoms with Crippen LogP contribution in [0.1, 0.15) is 30.8 Å². The summed E-state index contributed by atoms with van der Waals surface area (Å²) in [5.41, 5.74) is 0.733. The lowest BCUT2D eigenvalue weighted by molar-refractivity contribution is 0.128. The lowest BCUT2D eigenvalue weighted by Crippen LogP contribution is -2.27. The molecule has 108 valence electrons. The molecule has 2 rings (SSSR count). The van der Waals surface area contributed by atoms with Crippen molar-refractivity contribution < 1.29 is 14.6 Å². The molecule has 1 aromatic heterocycles. The third-order valence-electron chi connectivity index (χ3n) is 3.13. The smallest absolute Gasteiger partial charge is 0.132 e. The van der Waals surface area contributed by atoms with Crippen molar-refractivity contribution in [3.05, 3.63) is 52.9 Å². The van der Waals surface area contributed by atoms with Gasteiger partial charge < -0.3 is 19.9 Å². The Hall–Kier alpha value is -1.49. The molecule has 0 saturated heterocycles. The second-order valence-electron chi connectivity index (χ2n) is 4.82. The lowest BCUT2D eigenvalue weighted by Gasteiger charge is -2.17. The first-order valence-corrected chi connectivity index (χ1v) is 6.86. The summed E-state index contributed by atoms with van der Waals surface area (Å²) >= 11 is 5.89. The fourth-order valence-corrected chi connectivity index (χ4v) is 2.19. The van der Waals surface area contributed by atoms with E-state index in [4.69, 9.17) is 16.0 Å². The van der Waals surface area contributed by atoms with E-state index in [1.165, 1.54) is 0 Å². The molecule has 2 atom stereocenters. The number of hydrogen-bond acceptors (Lipinski definition) is 4. The largest absolute Gasteiger partial charge is 0.508 e. The second-order valence-corrected chi connectivity index (χ2v) is 5.26. The molecule has 1 heterocycles. The van der Waals surface area contributed by atoms with Crippen molar-refractivity contribution in [1.82, 2.24) is 5.32 Å². The van der Waals surface area contributed by atoms with Gasteiger partial charge in [-0.1, -0.05) is 11.6 Å². The van der Waals surface area contributed by atoms with Gasteiger partial charge in [-0.25, -0.2) is 0 Å². The molecule has 0 amide bonds. The van der Waals surface area contributed by atoms with E-state index in [-0.39, 0.29) is 11.8 Å². The highest BCUT2D eigenvalue weighted by Crippen LogP contribution is 2.22. The average Bonchev–Trinajstić information content (AvgIpc) is 2.94. The van der Waals surface area contributed by atoms with Gasteiger partial charge in [0.25, 0.3) is 0 Å². The molecule has 2 aromatic rings. The minimum atomic E-state index is -0.638. The number of halogens is 1. The fourth-order valence-electron chi connectivity index (χ4n) is 2.00. The van der Waals surface area contributed by atoms with Gasteiger partial charge in [-0.2, -0.15) is 0 Å². The van der Waals surface area contributed by atoms with Crippen molar-refractivity contribution in [3.8, 4) is 5.75 Å². The number of benzene rings is 1. The van der Waals surface area contributed by atoms with Gasteiger partial charge in [0.1, 0.15) is 17.6 Å². The number of phenolic OH excluding ortho intramolecular Hbond substituents is 1. The summed E-state index contributed by atoms with van der Waals surface area (Å²) in [6.45, 7) is 2.45. The lowest BCUT2D eigenvalue weighted by atomic mass is 10.1. The molecule has 3 N–H and O–H groups in total. The number of aliphatic hydroxyl groups excluding tert-OH is 1. The van der Waals surface area contributed by atoms with E-state index in [0.717, 1.165) is 5.56 Å². The molecule has 0 bridgehead atoms. The maximum Gasteiger partial charge on any atom is 0.132 e. The first-order chi connectivity index (χ1) is 9.56. The predicted octanol–water partition coefficient (Wildman–Crippen LogP) is 3.24. The van der Waals surface area contributed by atoms with E-state index in [9.17, 15) is 10.2 Å². The molecule has 20 heavy (non-hydrogen) atoms. The average molecular weight is 296 g/mol. The highest BCUT2D eigenvalue weighted by Gasteiger charge is 2.14. The molecule has 0 fully saturated rings. The second kappa shape index (κ2) is 6.79. The van der Waals surface area contributed by atoms with E-state index >= 15 is 0 Å². The van der Waals surface area contributed by atoms with E-state index in [0.29, 0.717) is 23.7 Å². The van der Waals surface area contributed by atoms with Gasteiger partial charge in [-0.05, 0) is 43.7 Å². The van der Waals surface area contributed by atoms with E-state index in [1.807, 2.05) is 6.92 Å². The van der Waals surface area contributed by atoms with Crippen LogP contribution >= 0.6 is 11.6 Å². The van der Waals surface area contributed by atoms with Crippen LogP contribution in [-0.4, -0.2) is 16.3 Å². The van der Waals surface area contributed by atoms with Gasteiger partial charge in [0.15, 0.2) is 0 Å². The summed E-state index contributed by atoms with van der Waals surface area (Å²) in [7, 11) is 0. The molecular weight excluding hydrogens is 278 g/mol. The minimum absolute atomic E-state index is 0.0634. The summed E-state index contributed by atoms with van der Waals surface area (Å²) < 4.78 is 5.16. The monoisotopic (exact) mass is 295 g/mol. The topological polar surface area (TPSA) is 65.6 Å². The Morgan fingerprint density at radius 3 is 2.85 bits per heavy atom. The summed E-state index contributed by atoms with van der Waals surface area (Å²) in [5.74, 6) is 0.768. The number of aliphatic hydroxyl groups is 1. The summed E-state index contributed by atoms with van der Waals surface area (Å²) in [4.78, 5) is 0. The number of nitrogens with one attached hydrogen (secondary N) is 1. The van der Waals surface area contributed by atoms with Crippen molar-refractivity contribution in [1.29, 1.82) is 0 Å². The van der Waals surface area contributed by atoms with Gasteiger partial charge in [-0.3, -0.25) is 0 Å². The summed E-state index contributed by atoms with van der Waals surface area (Å²) in [6.07, 6.45) is 1.43. The zero-order chi connectivity index (χ0) is 14.5. The number of furan rings is 1. The summed E-state index contributed by atoms with van der Waals surface area (Å²) in [6, 6.07) is 8.50. The highest BCUT2D eigenvalue weighted by molar-refractivity contribution is 6.30. The van der Waals surface area contributed by atoms with Crippen LogP contribution in [0.25, 0.3) is 0 Å². The Morgan fingerprint density at radius 1 is 1.35 bits per heavy atom. The van der Waals surface area contributed by atoms with Crippen molar-refractivity contribution in [2.24, 2.45) is 0 Å². The zero-order valence-corrected chi connectivity index (χ0v) is 12.0. The highest BCUT2D eigenvalue weighted by atomic mass is 35.5. The number of hydrogen-bond donors (Lipinski definition) is 3. The molecule has 0 spiro atoms. The third kappa shape index (κ3) is 4.00. The molecule has 0 aliphatic heterocycles. The van der Waals surface area contributed by atoms with Crippen molar-refractivity contribution >= 4 is 11.6 Å². The van der Waals surface area contributed by atoms with Crippen LogP contribution in [0.3, 0.4) is 0 Å². The van der Waals surface area contributed by atoms with E-state index in [1.54, 1.807) is 36.6 Å². The fraction of sp³-hybridized carbons (Fsp3) is 0.333. The van der Waals surface area contributed by atoms with Crippen LogP contribution in [0.5, 0.6) is 5.75 Å². The first kappa shape index (κ1) is 14.9. The number of phenols is 1. The normalized spacial score (nSPS) is 14.2. The SMILES string of the molecule is CC(CC(O)c1ccco1)NCc1cc(Cl)ccc1O. The Bertz CT molecular complexity index is 542. The number of rotatable bonds is 6. The summed E-state index contributed by atoms with van der Waals surface area (Å²) in [5, 5.41) is 23.5. The molecule has 0 aliphatic rings. The number of aromatic hydroxyl groups is 1.